The zero-order chi connectivity index (χ0) is 13.8. The van der Waals surface area contributed by atoms with Crippen LogP contribution in [0.4, 0.5) is 0 Å². The van der Waals surface area contributed by atoms with E-state index in [2.05, 4.69) is 0 Å². The lowest BCUT2D eigenvalue weighted by Crippen LogP contribution is -2.18. The van der Waals surface area contributed by atoms with Crippen molar-refractivity contribution in [3.05, 3.63) is 17.7 Å². The molecule has 0 saturated heterocycles. The number of ketones is 1. The van der Waals surface area contributed by atoms with Gasteiger partial charge in [-0.25, -0.2) is 0 Å². The molecule has 1 aromatic rings. The van der Waals surface area contributed by atoms with Crippen LogP contribution in [-0.4, -0.2) is 27.1 Å². The molecular formula is C15H20O4. The van der Waals surface area contributed by atoms with Crippen LogP contribution in [-0.2, 0) is 4.79 Å². The topological polar surface area (TPSA) is 44.8 Å². The van der Waals surface area contributed by atoms with Crippen molar-refractivity contribution in [3.8, 4) is 17.2 Å². The SMILES string of the molecule is COc1cc(OC)c(C2CCCCC2=O)c(OC)c1. The fourth-order valence-corrected chi connectivity index (χ4v) is 2.66. The number of carbonyl (C=O) groups is 1. The fraction of sp³-hybridized carbons (Fsp3) is 0.533. The van der Waals surface area contributed by atoms with Crippen LogP contribution >= 0.6 is 0 Å². The Morgan fingerprint density at radius 3 is 2.11 bits per heavy atom. The van der Waals surface area contributed by atoms with Gasteiger partial charge >= 0.3 is 0 Å². The highest BCUT2D eigenvalue weighted by Crippen LogP contribution is 2.43. The Morgan fingerprint density at radius 1 is 1.00 bits per heavy atom. The second-order valence-corrected chi connectivity index (χ2v) is 4.71. The molecule has 4 nitrogen and oxygen atoms in total. The average molecular weight is 264 g/mol. The number of hydrogen-bond acceptors (Lipinski definition) is 4. The summed E-state index contributed by atoms with van der Waals surface area (Å²) >= 11 is 0. The summed E-state index contributed by atoms with van der Waals surface area (Å²) in [4.78, 5) is 12.1. The lowest BCUT2D eigenvalue weighted by molar-refractivity contribution is -0.121. The number of rotatable bonds is 4. The first kappa shape index (κ1) is 13.7. The standard InChI is InChI=1S/C15H20O4/c1-17-10-8-13(18-2)15(14(9-10)19-3)11-6-4-5-7-12(11)16/h8-9,11H,4-7H2,1-3H3. The zero-order valence-electron chi connectivity index (χ0n) is 11.7. The second kappa shape index (κ2) is 5.95. The Labute approximate surface area is 113 Å². The molecule has 0 spiro atoms. The minimum Gasteiger partial charge on any atom is -0.496 e. The number of hydrogen-bond donors (Lipinski definition) is 0. The van der Waals surface area contributed by atoms with Gasteiger partial charge in [-0.1, -0.05) is 6.42 Å². The van der Waals surface area contributed by atoms with E-state index in [1.807, 2.05) is 0 Å². The summed E-state index contributed by atoms with van der Waals surface area (Å²) in [5.41, 5.74) is 0.857. The Kier molecular flexibility index (Phi) is 4.30. The van der Waals surface area contributed by atoms with Crippen LogP contribution in [0.2, 0.25) is 0 Å². The first-order valence-corrected chi connectivity index (χ1v) is 6.54. The molecule has 0 bridgehead atoms. The normalized spacial score (nSPS) is 19.1. The molecule has 0 aromatic heterocycles. The largest absolute Gasteiger partial charge is 0.496 e. The number of carbonyl (C=O) groups excluding carboxylic acids is 1. The molecule has 1 unspecified atom stereocenters. The maximum Gasteiger partial charge on any atom is 0.140 e. The van der Waals surface area contributed by atoms with Gasteiger partial charge in [0.1, 0.15) is 23.0 Å². The third-order valence-electron chi connectivity index (χ3n) is 3.66. The number of Topliss-reactive ketones (excluding diaryl/α,β-unsaturated/α-hetero) is 1. The Bertz CT molecular complexity index is 442. The third kappa shape index (κ3) is 2.67. The molecule has 0 aliphatic heterocycles. The highest BCUT2D eigenvalue weighted by atomic mass is 16.5. The van der Waals surface area contributed by atoms with Gasteiger partial charge in [0, 0.05) is 24.1 Å². The van der Waals surface area contributed by atoms with Crippen LogP contribution in [0.25, 0.3) is 0 Å². The summed E-state index contributed by atoms with van der Waals surface area (Å²) in [6.07, 6.45) is 3.55. The predicted octanol–water partition coefficient (Wildman–Crippen LogP) is 2.94. The lowest BCUT2D eigenvalue weighted by Gasteiger charge is -2.25. The van der Waals surface area contributed by atoms with Crippen molar-refractivity contribution in [1.82, 2.24) is 0 Å². The van der Waals surface area contributed by atoms with E-state index < -0.39 is 0 Å². The van der Waals surface area contributed by atoms with E-state index in [1.165, 1.54) is 0 Å². The molecule has 1 aliphatic carbocycles. The van der Waals surface area contributed by atoms with E-state index in [4.69, 9.17) is 14.2 Å². The summed E-state index contributed by atoms with van der Waals surface area (Å²) < 4.78 is 16.1. The van der Waals surface area contributed by atoms with Crippen molar-refractivity contribution in [2.45, 2.75) is 31.6 Å². The molecule has 2 rings (SSSR count). The van der Waals surface area contributed by atoms with Gasteiger partial charge in [0.25, 0.3) is 0 Å². The molecule has 0 N–H and O–H groups in total. The minimum atomic E-state index is -0.121. The molecule has 1 atom stereocenters. The monoisotopic (exact) mass is 264 g/mol. The maximum atomic E-state index is 12.1. The molecule has 104 valence electrons. The van der Waals surface area contributed by atoms with Gasteiger partial charge in [-0.3, -0.25) is 4.79 Å². The predicted molar refractivity (Wildman–Crippen MR) is 72.3 cm³/mol. The lowest BCUT2D eigenvalue weighted by atomic mass is 9.82. The van der Waals surface area contributed by atoms with Gasteiger partial charge in [0.2, 0.25) is 0 Å². The van der Waals surface area contributed by atoms with Gasteiger partial charge in [0.15, 0.2) is 0 Å². The van der Waals surface area contributed by atoms with Crippen LogP contribution in [0.15, 0.2) is 12.1 Å². The maximum absolute atomic E-state index is 12.1. The minimum absolute atomic E-state index is 0.121. The van der Waals surface area contributed by atoms with Crippen LogP contribution in [0, 0.1) is 0 Å². The van der Waals surface area contributed by atoms with Crippen molar-refractivity contribution < 1.29 is 19.0 Å². The Hall–Kier alpha value is -1.71. The molecule has 1 saturated carbocycles. The van der Waals surface area contributed by atoms with E-state index in [9.17, 15) is 4.79 Å². The van der Waals surface area contributed by atoms with Crippen molar-refractivity contribution >= 4 is 5.78 Å². The number of benzene rings is 1. The molecule has 0 amide bonds. The first-order chi connectivity index (χ1) is 9.21. The van der Waals surface area contributed by atoms with Gasteiger partial charge in [-0.2, -0.15) is 0 Å². The summed E-state index contributed by atoms with van der Waals surface area (Å²) in [6.45, 7) is 0. The van der Waals surface area contributed by atoms with E-state index in [0.717, 1.165) is 24.8 Å². The molecule has 19 heavy (non-hydrogen) atoms. The smallest absolute Gasteiger partial charge is 0.140 e. The van der Waals surface area contributed by atoms with E-state index in [-0.39, 0.29) is 11.7 Å². The van der Waals surface area contributed by atoms with Crippen LogP contribution < -0.4 is 14.2 Å². The van der Waals surface area contributed by atoms with Gasteiger partial charge in [-0.05, 0) is 12.8 Å². The third-order valence-corrected chi connectivity index (χ3v) is 3.66. The highest BCUT2D eigenvalue weighted by Gasteiger charge is 2.30. The van der Waals surface area contributed by atoms with Crippen LogP contribution in [0.1, 0.15) is 37.2 Å². The highest BCUT2D eigenvalue weighted by molar-refractivity contribution is 5.88. The second-order valence-electron chi connectivity index (χ2n) is 4.71. The summed E-state index contributed by atoms with van der Waals surface area (Å²) in [7, 11) is 4.80. The van der Waals surface area contributed by atoms with Gasteiger partial charge in [0.05, 0.1) is 27.2 Å². The molecule has 1 aliphatic rings. The molecule has 4 heteroatoms. The van der Waals surface area contributed by atoms with Crippen LogP contribution in [0.5, 0.6) is 17.2 Å². The Balaban J connectivity index is 2.49. The summed E-state index contributed by atoms with van der Waals surface area (Å²) in [5.74, 6) is 2.14. The van der Waals surface area contributed by atoms with Crippen molar-refractivity contribution in [3.63, 3.8) is 0 Å². The van der Waals surface area contributed by atoms with E-state index in [1.54, 1.807) is 33.5 Å². The molecule has 0 radical (unpaired) electrons. The summed E-state index contributed by atoms with van der Waals surface area (Å²) in [5, 5.41) is 0. The van der Waals surface area contributed by atoms with Gasteiger partial charge in [-0.15, -0.1) is 0 Å². The fourth-order valence-electron chi connectivity index (χ4n) is 2.66. The molecule has 1 fully saturated rings. The number of ether oxygens (including phenoxy) is 3. The summed E-state index contributed by atoms with van der Waals surface area (Å²) in [6, 6.07) is 3.61. The van der Waals surface area contributed by atoms with Crippen molar-refractivity contribution in [1.29, 1.82) is 0 Å². The number of methoxy groups -OCH3 is 3. The van der Waals surface area contributed by atoms with E-state index in [0.29, 0.717) is 23.7 Å². The van der Waals surface area contributed by atoms with Gasteiger partial charge < -0.3 is 14.2 Å². The van der Waals surface area contributed by atoms with Crippen molar-refractivity contribution in [2.24, 2.45) is 0 Å². The molecule has 0 heterocycles. The average Bonchev–Trinajstić information content (AvgIpc) is 2.46. The van der Waals surface area contributed by atoms with Crippen LogP contribution in [0.3, 0.4) is 0 Å². The first-order valence-electron chi connectivity index (χ1n) is 6.54. The van der Waals surface area contributed by atoms with E-state index >= 15 is 0 Å². The molecular weight excluding hydrogens is 244 g/mol. The quantitative estimate of drug-likeness (QED) is 0.838. The molecule has 1 aromatic carbocycles. The Morgan fingerprint density at radius 2 is 1.63 bits per heavy atom. The van der Waals surface area contributed by atoms with Crippen molar-refractivity contribution in [2.75, 3.05) is 21.3 Å². The zero-order valence-corrected chi connectivity index (χ0v) is 11.7.